The van der Waals surface area contributed by atoms with Crippen LogP contribution in [0.5, 0.6) is 0 Å². The van der Waals surface area contributed by atoms with Gasteiger partial charge in [0.05, 0.1) is 23.4 Å². The quantitative estimate of drug-likeness (QED) is 0.731. The number of carbonyl (C=O) groups excluding carboxylic acids is 1. The van der Waals surface area contributed by atoms with Gasteiger partial charge < -0.3 is 4.57 Å². The summed E-state index contributed by atoms with van der Waals surface area (Å²) < 4.78 is 39.2. The van der Waals surface area contributed by atoms with Crippen LogP contribution in [0.25, 0.3) is 0 Å². The molecule has 0 fully saturated rings. The number of nitrogens with zero attached hydrogens (tertiary/aromatic N) is 2. The van der Waals surface area contributed by atoms with Gasteiger partial charge in [0.1, 0.15) is 0 Å². The number of hydrogen-bond acceptors (Lipinski definition) is 4. The van der Waals surface area contributed by atoms with E-state index < -0.39 is 17.6 Å². The highest BCUT2D eigenvalue weighted by molar-refractivity contribution is 7.13. The Morgan fingerprint density at radius 3 is 2.48 bits per heavy atom. The molecule has 0 aliphatic heterocycles. The minimum absolute atomic E-state index is 0.0501. The molecule has 9 heteroatoms. The molecule has 0 saturated carbocycles. The van der Waals surface area contributed by atoms with Crippen LogP contribution >= 0.6 is 11.3 Å². The molecule has 5 nitrogen and oxygen atoms in total. The van der Waals surface area contributed by atoms with Crippen LogP contribution in [0.2, 0.25) is 0 Å². The number of pyridine rings is 1. The minimum atomic E-state index is -4.42. The van der Waals surface area contributed by atoms with Crippen LogP contribution in [0.15, 0.2) is 52.8 Å². The highest BCUT2D eigenvalue weighted by Gasteiger charge is 2.29. The molecule has 140 valence electrons. The molecule has 27 heavy (non-hydrogen) atoms. The molecular formula is C18H14F3N3O2S. The van der Waals surface area contributed by atoms with Crippen molar-refractivity contribution in [1.82, 2.24) is 9.55 Å². The molecule has 1 aromatic carbocycles. The Kier molecular flexibility index (Phi) is 5.13. The number of thiazole rings is 1. The van der Waals surface area contributed by atoms with Crippen LogP contribution in [-0.4, -0.2) is 15.5 Å². The lowest BCUT2D eigenvalue weighted by molar-refractivity contribution is -0.137. The van der Waals surface area contributed by atoms with E-state index in [0.717, 1.165) is 17.8 Å². The topological polar surface area (TPSA) is 64.0 Å². The molecular weight excluding hydrogens is 379 g/mol. The van der Waals surface area contributed by atoms with E-state index >= 15 is 0 Å². The summed E-state index contributed by atoms with van der Waals surface area (Å²) in [5, 5.41) is 4.88. The smallest absolute Gasteiger partial charge is 0.310 e. The maximum absolute atomic E-state index is 12.6. The average molecular weight is 393 g/mol. The number of alkyl halides is 3. The number of aryl methyl sites for hydroxylation is 1. The summed E-state index contributed by atoms with van der Waals surface area (Å²) in [6, 6.07) is 7.16. The lowest BCUT2D eigenvalue weighted by atomic mass is 10.1. The molecule has 0 spiro atoms. The highest BCUT2D eigenvalue weighted by atomic mass is 32.1. The van der Waals surface area contributed by atoms with Crippen molar-refractivity contribution in [3.05, 3.63) is 80.7 Å². The zero-order valence-electron chi connectivity index (χ0n) is 14.1. The molecule has 3 aromatic rings. The second kappa shape index (κ2) is 7.36. The van der Waals surface area contributed by atoms with Gasteiger partial charge in [-0.25, -0.2) is 4.98 Å². The van der Waals surface area contributed by atoms with Crippen molar-refractivity contribution in [3.63, 3.8) is 0 Å². The number of nitrogens with one attached hydrogen (secondary N) is 1. The third kappa shape index (κ3) is 4.62. The van der Waals surface area contributed by atoms with Gasteiger partial charge >= 0.3 is 6.18 Å². The molecule has 1 N–H and O–H groups in total. The zero-order valence-corrected chi connectivity index (χ0v) is 14.9. The lowest BCUT2D eigenvalue weighted by Gasteiger charge is -2.10. The van der Waals surface area contributed by atoms with Gasteiger partial charge in [-0.15, -0.1) is 11.3 Å². The molecule has 3 rings (SSSR count). The number of carbonyl (C=O) groups is 1. The van der Waals surface area contributed by atoms with Crippen molar-refractivity contribution in [2.24, 2.45) is 0 Å². The molecule has 2 aromatic heterocycles. The van der Waals surface area contributed by atoms with Crippen LogP contribution in [0.4, 0.5) is 18.3 Å². The van der Waals surface area contributed by atoms with Gasteiger partial charge in [-0.1, -0.05) is 12.1 Å². The van der Waals surface area contributed by atoms with E-state index in [0.29, 0.717) is 10.7 Å². The fourth-order valence-corrected chi connectivity index (χ4v) is 3.05. The van der Waals surface area contributed by atoms with Crippen molar-refractivity contribution in [3.8, 4) is 0 Å². The number of amides is 1. The predicted octanol–water partition coefficient (Wildman–Crippen LogP) is 3.93. The number of anilines is 1. The first-order valence-electron chi connectivity index (χ1n) is 7.82. The Bertz CT molecular complexity index is 1020. The Hall–Kier alpha value is -2.94. The molecule has 0 bridgehead atoms. The van der Waals surface area contributed by atoms with Crippen LogP contribution < -0.4 is 10.9 Å². The predicted molar refractivity (Wildman–Crippen MR) is 96.1 cm³/mol. The second-order valence-corrected chi connectivity index (χ2v) is 6.68. The Balaban J connectivity index is 1.79. The van der Waals surface area contributed by atoms with Crippen LogP contribution in [0.3, 0.4) is 0 Å². The monoisotopic (exact) mass is 393 g/mol. The minimum Gasteiger partial charge on any atom is -0.310 e. The molecule has 1 amide bonds. The van der Waals surface area contributed by atoms with Gasteiger partial charge in [0, 0.05) is 17.6 Å². The Labute approximate surface area is 156 Å². The summed E-state index contributed by atoms with van der Waals surface area (Å²) in [4.78, 5) is 28.5. The van der Waals surface area contributed by atoms with Gasteiger partial charge in [-0.05, 0) is 30.7 Å². The summed E-state index contributed by atoms with van der Waals surface area (Å²) in [6.07, 6.45) is -3.04. The Morgan fingerprint density at radius 2 is 1.89 bits per heavy atom. The van der Waals surface area contributed by atoms with Gasteiger partial charge in [0.25, 0.3) is 11.5 Å². The first kappa shape index (κ1) is 18.8. The normalized spacial score (nSPS) is 11.4. The van der Waals surface area contributed by atoms with E-state index in [1.165, 1.54) is 46.4 Å². The van der Waals surface area contributed by atoms with Crippen molar-refractivity contribution in [2.45, 2.75) is 19.6 Å². The van der Waals surface area contributed by atoms with E-state index in [2.05, 4.69) is 10.3 Å². The third-order valence-corrected chi connectivity index (χ3v) is 4.59. The zero-order chi connectivity index (χ0) is 19.6. The fraction of sp³-hybridized carbons (Fsp3) is 0.167. The first-order valence-corrected chi connectivity index (χ1v) is 8.70. The summed E-state index contributed by atoms with van der Waals surface area (Å²) in [6.45, 7) is 1.85. The number of halogens is 3. The molecule has 2 heterocycles. The van der Waals surface area contributed by atoms with Crippen LogP contribution in [-0.2, 0) is 12.7 Å². The van der Waals surface area contributed by atoms with Gasteiger partial charge in [0.2, 0.25) is 0 Å². The highest BCUT2D eigenvalue weighted by Crippen LogP contribution is 2.29. The van der Waals surface area contributed by atoms with E-state index in [1.807, 2.05) is 0 Å². The Morgan fingerprint density at radius 1 is 1.19 bits per heavy atom. The molecule has 0 unspecified atom stereocenters. The molecule has 0 saturated heterocycles. The van der Waals surface area contributed by atoms with E-state index in [-0.39, 0.29) is 17.7 Å². The van der Waals surface area contributed by atoms with E-state index in [9.17, 15) is 22.8 Å². The summed E-state index contributed by atoms with van der Waals surface area (Å²) in [7, 11) is 0. The first-order chi connectivity index (χ1) is 12.7. The number of rotatable bonds is 4. The summed E-state index contributed by atoms with van der Waals surface area (Å²) in [5.41, 5.74) is 0.414. The van der Waals surface area contributed by atoms with Gasteiger partial charge in [-0.3, -0.25) is 14.9 Å². The lowest BCUT2D eigenvalue weighted by Crippen LogP contribution is -2.22. The largest absolute Gasteiger partial charge is 0.416 e. The molecule has 0 radical (unpaired) electrons. The number of benzene rings is 1. The van der Waals surface area contributed by atoms with Crippen LogP contribution in [0.1, 0.15) is 27.2 Å². The molecule has 0 aliphatic rings. The maximum Gasteiger partial charge on any atom is 0.416 e. The summed E-state index contributed by atoms with van der Waals surface area (Å²) in [5.74, 6) is -0.425. The number of aromatic nitrogens is 2. The van der Waals surface area contributed by atoms with E-state index in [4.69, 9.17) is 0 Å². The van der Waals surface area contributed by atoms with Gasteiger partial charge in [-0.2, -0.15) is 13.2 Å². The molecule has 0 aliphatic carbocycles. The van der Waals surface area contributed by atoms with Crippen molar-refractivity contribution < 1.29 is 18.0 Å². The molecule has 0 atom stereocenters. The second-order valence-electron chi connectivity index (χ2n) is 5.83. The average Bonchev–Trinajstić information content (AvgIpc) is 3.01. The van der Waals surface area contributed by atoms with E-state index in [1.54, 1.807) is 12.3 Å². The van der Waals surface area contributed by atoms with Gasteiger partial charge in [0.15, 0.2) is 5.13 Å². The SMILES string of the molecule is Cc1csc(NC(=O)c2ccc(=O)n(Cc3ccc(C(F)(F)F)cc3)c2)n1. The number of hydrogen-bond donors (Lipinski definition) is 1. The third-order valence-electron chi connectivity index (χ3n) is 3.72. The van der Waals surface area contributed by atoms with Crippen LogP contribution in [0, 0.1) is 6.92 Å². The van der Waals surface area contributed by atoms with Crippen molar-refractivity contribution in [2.75, 3.05) is 5.32 Å². The van der Waals surface area contributed by atoms with Crippen molar-refractivity contribution in [1.29, 1.82) is 0 Å². The van der Waals surface area contributed by atoms with Crippen molar-refractivity contribution >= 4 is 22.4 Å². The summed E-state index contributed by atoms with van der Waals surface area (Å²) >= 11 is 1.28. The maximum atomic E-state index is 12.6. The fourth-order valence-electron chi connectivity index (χ4n) is 2.37. The standard InChI is InChI=1S/C18H14F3N3O2S/c1-11-10-27-17(22-11)23-16(26)13-4-7-15(25)24(9-13)8-12-2-5-14(6-3-12)18(19,20)21/h2-7,9-10H,8H2,1H3,(H,22,23,26).